The molecule has 0 amide bonds. The van der Waals surface area contributed by atoms with E-state index in [4.69, 9.17) is 9.98 Å². The van der Waals surface area contributed by atoms with E-state index in [1.54, 1.807) is 6.92 Å². The maximum atomic E-state index is 14.3. The topological polar surface area (TPSA) is 104 Å². The van der Waals surface area contributed by atoms with Crippen LogP contribution in [0, 0.1) is 12.7 Å². The number of hydrogen-bond acceptors (Lipinski definition) is 5. The highest BCUT2D eigenvalue weighted by atomic mass is 32.2. The fourth-order valence-electron chi connectivity index (χ4n) is 3.09. The average Bonchev–Trinajstić information content (AvgIpc) is 3.09. The minimum Gasteiger partial charge on any atom is -0.319 e. The van der Waals surface area contributed by atoms with Crippen molar-refractivity contribution in [3.8, 4) is 22.4 Å². The molecule has 0 aliphatic heterocycles. The van der Waals surface area contributed by atoms with Crippen molar-refractivity contribution >= 4 is 16.0 Å². The fourth-order valence-corrected chi connectivity index (χ4v) is 3.60. The van der Waals surface area contributed by atoms with Crippen molar-refractivity contribution in [1.29, 1.82) is 0 Å². The Balaban J connectivity index is 2.32. The van der Waals surface area contributed by atoms with Gasteiger partial charge in [0.1, 0.15) is 11.5 Å². The summed E-state index contributed by atoms with van der Waals surface area (Å²) in [7, 11) is -4.05. The molecule has 0 saturated heterocycles. The lowest BCUT2D eigenvalue weighted by Gasteiger charge is -2.12. The van der Waals surface area contributed by atoms with Crippen molar-refractivity contribution in [3.05, 3.63) is 59.5 Å². The molecule has 0 bridgehead atoms. The van der Waals surface area contributed by atoms with Crippen molar-refractivity contribution < 1.29 is 35.6 Å². The van der Waals surface area contributed by atoms with Gasteiger partial charge < -0.3 is 4.84 Å². The molecule has 176 valence electrons. The molecule has 7 nitrogen and oxygen atoms in total. The normalized spacial score (nSPS) is 12.1. The van der Waals surface area contributed by atoms with Gasteiger partial charge in [0.05, 0.1) is 4.90 Å². The third kappa shape index (κ3) is 5.22. The van der Waals surface area contributed by atoms with Crippen LogP contribution in [0.2, 0.25) is 0 Å². The average molecular weight is 485 g/mol. The number of halogens is 4. The van der Waals surface area contributed by atoms with E-state index in [0.29, 0.717) is 6.42 Å². The number of sulfonamides is 1. The summed E-state index contributed by atoms with van der Waals surface area (Å²) < 4.78 is 79.7. The van der Waals surface area contributed by atoms with Gasteiger partial charge in [-0.1, -0.05) is 36.0 Å². The second-order valence-corrected chi connectivity index (χ2v) is 8.75. The summed E-state index contributed by atoms with van der Waals surface area (Å²) >= 11 is 0. The zero-order valence-electron chi connectivity index (χ0n) is 17.5. The molecule has 0 spiro atoms. The Morgan fingerprint density at radius 3 is 2.24 bits per heavy atom. The van der Waals surface area contributed by atoms with Crippen LogP contribution < -0.4 is 9.98 Å². The Morgan fingerprint density at radius 1 is 1.12 bits per heavy atom. The largest absolute Gasteiger partial charge is 0.437 e. The van der Waals surface area contributed by atoms with Crippen LogP contribution in [0.3, 0.4) is 0 Å². The summed E-state index contributed by atoms with van der Waals surface area (Å²) in [4.78, 5) is 16.6. The lowest BCUT2D eigenvalue weighted by molar-refractivity contribution is -0.162. The highest BCUT2D eigenvalue weighted by molar-refractivity contribution is 7.89. The summed E-state index contributed by atoms with van der Waals surface area (Å²) in [6, 6.07) is 8.11. The van der Waals surface area contributed by atoms with Gasteiger partial charge in [-0.2, -0.15) is 13.2 Å². The second-order valence-electron chi connectivity index (χ2n) is 7.19. The molecule has 1 heterocycles. The molecule has 1 aromatic heterocycles. The Labute approximate surface area is 186 Å². The Morgan fingerprint density at radius 2 is 1.73 bits per heavy atom. The van der Waals surface area contributed by atoms with Gasteiger partial charge in [-0.05, 0) is 42.7 Å². The molecule has 0 radical (unpaired) electrons. The number of nitrogens with two attached hydrogens (primary N) is 1. The van der Waals surface area contributed by atoms with Gasteiger partial charge in [-0.3, -0.25) is 0 Å². The number of primary sulfonamides is 1. The molecule has 0 fully saturated rings. The van der Waals surface area contributed by atoms with Crippen molar-refractivity contribution in [2.24, 2.45) is 5.14 Å². The summed E-state index contributed by atoms with van der Waals surface area (Å²) in [6.45, 7) is 3.10. The fraction of sp³-hybridized carbons (Fsp3) is 0.238. The first-order valence-electron chi connectivity index (χ1n) is 9.64. The zero-order valence-corrected chi connectivity index (χ0v) is 18.3. The Hall–Kier alpha value is -3.25. The van der Waals surface area contributed by atoms with E-state index in [1.807, 2.05) is 0 Å². The third-order valence-electron chi connectivity index (χ3n) is 4.68. The zero-order chi connectivity index (χ0) is 24.6. The first kappa shape index (κ1) is 24.4. The number of hydrogen-bond donors (Lipinski definition) is 1. The lowest BCUT2D eigenvalue weighted by Crippen LogP contribution is -2.26. The smallest absolute Gasteiger partial charge is 0.319 e. The number of rotatable bonds is 6. The Kier molecular flexibility index (Phi) is 6.61. The van der Waals surface area contributed by atoms with Crippen LogP contribution >= 0.6 is 0 Å². The molecule has 2 N–H and O–H groups in total. The van der Waals surface area contributed by atoms with Crippen LogP contribution in [-0.4, -0.2) is 24.3 Å². The molecule has 0 atom stereocenters. The SMILES string of the molecule is CCCC(=O)On1nc(-c2ccc(S(N)(=O)=O)cc2)c(-c2ccc(C)c(F)c2)c1C(F)(F)F. The maximum Gasteiger partial charge on any atom is 0.437 e. The van der Waals surface area contributed by atoms with Gasteiger partial charge in [0.2, 0.25) is 10.0 Å². The van der Waals surface area contributed by atoms with Crippen LogP contribution in [0.5, 0.6) is 0 Å². The van der Waals surface area contributed by atoms with Crippen molar-refractivity contribution in [3.63, 3.8) is 0 Å². The van der Waals surface area contributed by atoms with Crippen LogP contribution in [-0.2, 0) is 21.0 Å². The third-order valence-corrected chi connectivity index (χ3v) is 5.61. The van der Waals surface area contributed by atoms with Gasteiger partial charge in [-0.25, -0.2) is 22.7 Å². The summed E-state index contributed by atoms with van der Waals surface area (Å²) in [5.74, 6) is -1.69. The predicted octanol–water partition coefficient (Wildman–Crippen LogP) is 4.09. The van der Waals surface area contributed by atoms with Crippen molar-refractivity contribution in [1.82, 2.24) is 9.94 Å². The van der Waals surface area contributed by atoms with Gasteiger partial charge in [-0.15, -0.1) is 5.10 Å². The monoisotopic (exact) mass is 485 g/mol. The number of aryl methyl sites for hydroxylation is 1. The van der Waals surface area contributed by atoms with E-state index in [0.717, 1.165) is 18.2 Å². The first-order chi connectivity index (χ1) is 15.3. The summed E-state index contributed by atoms with van der Waals surface area (Å²) in [6.07, 6.45) is -4.85. The van der Waals surface area contributed by atoms with Gasteiger partial charge >= 0.3 is 12.1 Å². The number of carbonyl (C=O) groups excluding carboxylic acids is 1. The molecule has 0 aliphatic rings. The molecule has 2 aromatic carbocycles. The van der Waals surface area contributed by atoms with E-state index in [-0.39, 0.29) is 38.5 Å². The number of benzene rings is 2. The molecular weight excluding hydrogens is 466 g/mol. The molecule has 33 heavy (non-hydrogen) atoms. The lowest BCUT2D eigenvalue weighted by atomic mass is 9.97. The van der Waals surface area contributed by atoms with Gasteiger partial charge in [0, 0.05) is 17.5 Å². The number of nitrogens with zero attached hydrogens (tertiary/aromatic N) is 2. The molecular formula is C21H19F4N3O4S. The van der Waals surface area contributed by atoms with E-state index in [2.05, 4.69) is 5.10 Å². The van der Waals surface area contributed by atoms with E-state index in [1.165, 1.54) is 31.2 Å². The quantitative estimate of drug-likeness (QED) is 0.530. The molecule has 3 rings (SSSR count). The minimum absolute atomic E-state index is 0.0640. The highest BCUT2D eigenvalue weighted by Crippen LogP contribution is 2.42. The van der Waals surface area contributed by atoms with Crippen LogP contribution in [0.1, 0.15) is 31.0 Å². The van der Waals surface area contributed by atoms with E-state index >= 15 is 0 Å². The summed E-state index contributed by atoms with van der Waals surface area (Å²) in [5.41, 5.74) is -2.12. The number of carbonyl (C=O) groups is 1. The molecule has 12 heteroatoms. The number of alkyl halides is 3. The van der Waals surface area contributed by atoms with Crippen molar-refractivity contribution in [2.75, 3.05) is 0 Å². The van der Waals surface area contributed by atoms with Gasteiger partial charge in [0.25, 0.3) is 0 Å². The first-order valence-corrected chi connectivity index (χ1v) is 11.2. The van der Waals surface area contributed by atoms with Gasteiger partial charge in [0.15, 0.2) is 5.69 Å². The molecule has 3 aromatic rings. The van der Waals surface area contributed by atoms with Crippen molar-refractivity contribution in [2.45, 2.75) is 37.8 Å². The van der Waals surface area contributed by atoms with Crippen LogP contribution in [0.4, 0.5) is 17.6 Å². The highest BCUT2D eigenvalue weighted by Gasteiger charge is 2.42. The minimum atomic E-state index is -5.03. The molecule has 0 saturated carbocycles. The number of aromatic nitrogens is 2. The summed E-state index contributed by atoms with van der Waals surface area (Å²) in [5, 5.41) is 8.91. The van der Waals surface area contributed by atoms with Crippen LogP contribution in [0.25, 0.3) is 22.4 Å². The Bertz CT molecular complexity index is 1300. The maximum absolute atomic E-state index is 14.3. The molecule has 0 aliphatic carbocycles. The standard InChI is InChI=1S/C21H19F4N3O4S/c1-3-4-17(29)32-28-20(21(23,24)25)18(14-6-5-12(2)16(22)11-14)19(27-28)13-7-9-15(10-8-13)33(26,30)31/h5-11H,3-4H2,1-2H3,(H2,26,30,31). The molecule has 0 unspecified atom stereocenters. The van der Waals surface area contributed by atoms with E-state index < -0.39 is 39.2 Å². The predicted molar refractivity (Wildman–Crippen MR) is 111 cm³/mol. The second kappa shape index (κ2) is 8.94. The van der Waals surface area contributed by atoms with E-state index in [9.17, 15) is 30.8 Å². The van der Waals surface area contributed by atoms with Crippen LogP contribution in [0.15, 0.2) is 47.4 Å².